The third kappa shape index (κ3) is 6.53. The van der Waals surface area contributed by atoms with E-state index in [2.05, 4.69) is 10.0 Å². The van der Waals surface area contributed by atoms with Gasteiger partial charge in [0.2, 0.25) is 10.0 Å². The molecular formula is C22H26N2O6S. The second-order valence-electron chi connectivity index (χ2n) is 7.36. The maximum Gasteiger partial charge on any atom is 0.338 e. The number of esters is 1. The molecule has 2 aromatic rings. The highest BCUT2D eigenvalue weighted by Crippen LogP contribution is 2.22. The summed E-state index contributed by atoms with van der Waals surface area (Å²) in [5.74, 6) is -0.343. The lowest BCUT2D eigenvalue weighted by Gasteiger charge is -2.14. The van der Waals surface area contributed by atoms with E-state index < -0.39 is 28.0 Å². The van der Waals surface area contributed by atoms with Gasteiger partial charge in [0.05, 0.1) is 17.6 Å². The van der Waals surface area contributed by atoms with Crippen molar-refractivity contribution in [2.45, 2.75) is 43.2 Å². The van der Waals surface area contributed by atoms with Crippen molar-refractivity contribution >= 4 is 21.9 Å². The van der Waals surface area contributed by atoms with Crippen LogP contribution in [0.5, 0.6) is 5.75 Å². The number of nitrogens with one attached hydrogen (secondary N) is 2. The van der Waals surface area contributed by atoms with Gasteiger partial charge in [0, 0.05) is 12.6 Å². The summed E-state index contributed by atoms with van der Waals surface area (Å²) >= 11 is 0. The summed E-state index contributed by atoms with van der Waals surface area (Å²) < 4.78 is 37.2. The molecule has 0 heterocycles. The molecule has 0 spiro atoms. The zero-order valence-corrected chi connectivity index (χ0v) is 18.3. The van der Waals surface area contributed by atoms with Crippen LogP contribution in [0.4, 0.5) is 0 Å². The van der Waals surface area contributed by atoms with Crippen molar-refractivity contribution in [2.75, 3.05) is 13.7 Å². The lowest BCUT2D eigenvalue weighted by molar-refractivity contribution is -0.129. The van der Waals surface area contributed by atoms with E-state index in [-0.39, 0.29) is 16.5 Å². The fourth-order valence-corrected chi connectivity index (χ4v) is 4.11. The van der Waals surface area contributed by atoms with Crippen LogP contribution in [-0.2, 0) is 26.0 Å². The number of amides is 1. The van der Waals surface area contributed by atoms with E-state index in [0.717, 1.165) is 24.2 Å². The predicted molar refractivity (Wildman–Crippen MR) is 114 cm³/mol. The molecule has 2 aromatic carbocycles. The quantitative estimate of drug-likeness (QED) is 0.541. The van der Waals surface area contributed by atoms with Gasteiger partial charge in [-0.15, -0.1) is 0 Å². The maximum atomic E-state index is 12.3. The molecule has 1 atom stereocenters. The first-order valence-electron chi connectivity index (χ1n) is 10.0. The van der Waals surface area contributed by atoms with Crippen molar-refractivity contribution in [3.63, 3.8) is 0 Å². The van der Waals surface area contributed by atoms with Gasteiger partial charge in [0.1, 0.15) is 5.75 Å². The Labute approximate surface area is 182 Å². The fourth-order valence-electron chi connectivity index (χ4n) is 2.81. The van der Waals surface area contributed by atoms with Crippen molar-refractivity contribution < 1.29 is 27.5 Å². The average molecular weight is 447 g/mol. The molecule has 0 saturated heterocycles. The maximum absolute atomic E-state index is 12.3. The number of carbonyl (C=O) groups excluding carboxylic acids is 2. The Morgan fingerprint density at radius 2 is 1.71 bits per heavy atom. The standard InChI is InChI=1S/C22H26N2O6S/c1-15(21(25)23-14-13-16-3-9-19(29-2)10-4-16)30-22(26)17-5-11-20(12-6-17)31(27,28)24-18-7-8-18/h3-6,9-12,15,18,24H,7-8,13-14H2,1-2H3,(H,23,25). The Balaban J connectivity index is 1.46. The van der Waals surface area contributed by atoms with Crippen molar-refractivity contribution in [3.05, 3.63) is 59.7 Å². The van der Waals surface area contributed by atoms with Crippen LogP contribution in [0.1, 0.15) is 35.7 Å². The van der Waals surface area contributed by atoms with E-state index in [4.69, 9.17) is 9.47 Å². The summed E-state index contributed by atoms with van der Waals surface area (Å²) in [6.07, 6.45) is 1.32. The smallest absolute Gasteiger partial charge is 0.338 e. The van der Waals surface area contributed by atoms with Crippen molar-refractivity contribution in [2.24, 2.45) is 0 Å². The Bertz CT molecular complexity index is 1010. The van der Waals surface area contributed by atoms with Crippen LogP contribution in [0.2, 0.25) is 0 Å². The molecule has 166 valence electrons. The van der Waals surface area contributed by atoms with E-state index in [1.54, 1.807) is 7.11 Å². The second kappa shape index (κ2) is 9.93. The monoisotopic (exact) mass is 446 g/mol. The van der Waals surface area contributed by atoms with Gasteiger partial charge in [0.15, 0.2) is 6.10 Å². The number of rotatable bonds is 10. The normalized spacial score (nSPS) is 14.5. The first-order valence-corrected chi connectivity index (χ1v) is 11.5. The number of hydrogen-bond acceptors (Lipinski definition) is 6. The minimum Gasteiger partial charge on any atom is -0.497 e. The third-order valence-electron chi connectivity index (χ3n) is 4.82. The third-order valence-corrected chi connectivity index (χ3v) is 6.36. The zero-order chi connectivity index (χ0) is 22.4. The number of ether oxygens (including phenoxy) is 2. The second-order valence-corrected chi connectivity index (χ2v) is 9.07. The summed E-state index contributed by atoms with van der Waals surface area (Å²) in [6, 6.07) is 13.0. The van der Waals surface area contributed by atoms with E-state index >= 15 is 0 Å². The zero-order valence-electron chi connectivity index (χ0n) is 17.5. The van der Waals surface area contributed by atoms with Crippen molar-refractivity contribution in [3.8, 4) is 5.75 Å². The van der Waals surface area contributed by atoms with E-state index in [1.165, 1.54) is 31.2 Å². The molecule has 1 saturated carbocycles. The fraction of sp³-hybridized carbons (Fsp3) is 0.364. The molecule has 0 radical (unpaired) electrons. The summed E-state index contributed by atoms with van der Waals surface area (Å²) in [6.45, 7) is 1.88. The molecule has 1 amide bonds. The topological polar surface area (TPSA) is 111 Å². The molecule has 2 N–H and O–H groups in total. The van der Waals surface area contributed by atoms with Gasteiger partial charge in [-0.3, -0.25) is 4.79 Å². The van der Waals surface area contributed by atoms with Gasteiger partial charge < -0.3 is 14.8 Å². The predicted octanol–water partition coefficient (Wildman–Crippen LogP) is 2.04. The molecule has 1 fully saturated rings. The number of sulfonamides is 1. The lowest BCUT2D eigenvalue weighted by atomic mass is 10.1. The van der Waals surface area contributed by atoms with Gasteiger partial charge in [-0.25, -0.2) is 17.9 Å². The summed E-state index contributed by atoms with van der Waals surface area (Å²) in [5, 5.41) is 2.73. The van der Waals surface area contributed by atoms with Crippen LogP contribution >= 0.6 is 0 Å². The highest BCUT2D eigenvalue weighted by atomic mass is 32.2. The molecule has 3 rings (SSSR count). The van der Waals surface area contributed by atoms with Gasteiger partial charge in [-0.1, -0.05) is 12.1 Å². The first-order chi connectivity index (χ1) is 14.8. The van der Waals surface area contributed by atoms with Crippen molar-refractivity contribution in [1.29, 1.82) is 0 Å². The highest BCUT2D eigenvalue weighted by Gasteiger charge is 2.28. The summed E-state index contributed by atoms with van der Waals surface area (Å²) in [4.78, 5) is 24.6. The number of benzene rings is 2. The van der Waals surface area contributed by atoms with Gasteiger partial charge in [-0.2, -0.15) is 0 Å². The van der Waals surface area contributed by atoms with Crippen LogP contribution in [0.15, 0.2) is 53.4 Å². The molecule has 1 aliphatic rings. The first kappa shape index (κ1) is 22.8. The lowest BCUT2D eigenvalue weighted by Crippen LogP contribution is -2.36. The van der Waals surface area contributed by atoms with Crippen LogP contribution in [0.25, 0.3) is 0 Å². The molecule has 0 bridgehead atoms. The minimum absolute atomic E-state index is 0.00118. The van der Waals surface area contributed by atoms with Crippen molar-refractivity contribution in [1.82, 2.24) is 10.0 Å². The average Bonchev–Trinajstić information content (AvgIpc) is 3.57. The van der Waals surface area contributed by atoms with Gasteiger partial charge in [0.25, 0.3) is 5.91 Å². The molecule has 0 aliphatic heterocycles. The summed E-state index contributed by atoms with van der Waals surface area (Å²) in [7, 11) is -1.99. The SMILES string of the molecule is COc1ccc(CCNC(=O)C(C)OC(=O)c2ccc(S(=O)(=O)NC3CC3)cc2)cc1. The minimum atomic E-state index is -3.59. The Morgan fingerprint density at radius 3 is 2.29 bits per heavy atom. The van der Waals surface area contributed by atoms with Gasteiger partial charge in [-0.05, 0) is 68.1 Å². The van der Waals surface area contributed by atoms with E-state index in [1.807, 2.05) is 24.3 Å². The van der Waals surface area contributed by atoms with Crippen LogP contribution in [0.3, 0.4) is 0 Å². The summed E-state index contributed by atoms with van der Waals surface area (Å²) in [5.41, 5.74) is 1.21. The number of carbonyl (C=O) groups is 2. The van der Waals surface area contributed by atoms with Crippen LogP contribution < -0.4 is 14.8 Å². The molecule has 9 heteroatoms. The van der Waals surface area contributed by atoms with Gasteiger partial charge >= 0.3 is 5.97 Å². The highest BCUT2D eigenvalue weighted by molar-refractivity contribution is 7.89. The molecule has 1 unspecified atom stereocenters. The largest absolute Gasteiger partial charge is 0.497 e. The molecule has 1 aliphatic carbocycles. The van der Waals surface area contributed by atoms with E-state index in [0.29, 0.717) is 13.0 Å². The van der Waals surface area contributed by atoms with Crippen LogP contribution in [-0.4, -0.2) is 46.1 Å². The Morgan fingerprint density at radius 1 is 1.06 bits per heavy atom. The molecule has 8 nitrogen and oxygen atoms in total. The molecular weight excluding hydrogens is 420 g/mol. The van der Waals surface area contributed by atoms with E-state index in [9.17, 15) is 18.0 Å². The molecule has 31 heavy (non-hydrogen) atoms. The number of methoxy groups -OCH3 is 1. The number of hydrogen-bond donors (Lipinski definition) is 2. The Hall–Kier alpha value is -2.91. The Kier molecular flexibility index (Phi) is 7.29. The molecule has 0 aromatic heterocycles. The van der Waals surface area contributed by atoms with Crippen LogP contribution in [0, 0.1) is 0 Å².